The number of nitrogens with zero attached hydrogens (tertiary/aromatic N) is 2. The first-order valence-electron chi connectivity index (χ1n) is 6.05. The first-order valence-corrected chi connectivity index (χ1v) is 6.05. The number of benzene rings is 1. The number of halogens is 1. The molecule has 3 N–H and O–H groups in total. The van der Waals surface area contributed by atoms with Gasteiger partial charge in [-0.05, 0) is 25.5 Å². The molecule has 2 aromatic rings. The van der Waals surface area contributed by atoms with Crippen molar-refractivity contribution in [3.8, 4) is 5.88 Å². The quantitative estimate of drug-likeness (QED) is 0.660. The highest BCUT2D eigenvalue weighted by Crippen LogP contribution is 2.21. The number of ether oxygens (including phenoxy) is 1. The van der Waals surface area contributed by atoms with Crippen molar-refractivity contribution in [1.82, 2.24) is 10.2 Å². The van der Waals surface area contributed by atoms with E-state index in [1.165, 1.54) is 6.07 Å². The minimum absolute atomic E-state index is 0.00410. The number of aromatic nitrogens is 2. The summed E-state index contributed by atoms with van der Waals surface area (Å²) in [6.45, 7) is 3.57. The van der Waals surface area contributed by atoms with Gasteiger partial charge in [0.1, 0.15) is 18.3 Å². The zero-order chi connectivity index (χ0) is 14.7. The van der Waals surface area contributed by atoms with Crippen LogP contribution in [0, 0.1) is 25.1 Å². The first-order chi connectivity index (χ1) is 9.50. The van der Waals surface area contributed by atoms with Crippen LogP contribution in [-0.2, 0) is 6.61 Å². The van der Waals surface area contributed by atoms with Gasteiger partial charge in [-0.15, -0.1) is 5.10 Å². The molecule has 0 aliphatic rings. The van der Waals surface area contributed by atoms with Gasteiger partial charge in [-0.25, -0.2) is 4.39 Å². The third-order valence-corrected chi connectivity index (χ3v) is 3.01. The van der Waals surface area contributed by atoms with E-state index in [0.717, 1.165) is 5.56 Å². The van der Waals surface area contributed by atoms with Crippen LogP contribution in [0.15, 0.2) is 24.3 Å². The molecule has 1 aromatic heterocycles. The zero-order valence-corrected chi connectivity index (χ0v) is 11.3. The summed E-state index contributed by atoms with van der Waals surface area (Å²) in [4.78, 5) is 0. The van der Waals surface area contributed by atoms with Crippen molar-refractivity contribution in [2.45, 2.75) is 20.5 Å². The Morgan fingerprint density at radius 1 is 1.30 bits per heavy atom. The lowest BCUT2D eigenvalue weighted by molar-refractivity contribution is 0.283. The molecule has 0 spiro atoms. The van der Waals surface area contributed by atoms with Crippen molar-refractivity contribution in [2.24, 2.45) is 5.73 Å². The van der Waals surface area contributed by atoms with Crippen LogP contribution in [0.4, 0.5) is 4.39 Å². The van der Waals surface area contributed by atoms with Crippen LogP contribution in [0.3, 0.4) is 0 Å². The molecule has 0 saturated carbocycles. The third kappa shape index (κ3) is 2.74. The van der Waals surface area contributed by atoms with Gasteiger partial charge in [0.2, 0.25) is 5.88 Å². The van der Waals surface area contributed by atoms with Gasteiger partial charge < -0.3 is 10.5 Å². The molecule has 1 aromatic carbocycles. The molecule has 0 aliphatic carbocycles. The van der Waals surface area contributed by atoms with Gasteiger partial charge in [-0.1, -0.05) is 18.2 Å². The van der Waals surface area contributed by atoms with E-state index in [-0.39, 0.29) is 24.1 Å². The highest BCUT2D eigenvalue weighted by molar-refractivity contribution is 5.98. The summed E-state index contributed by atoms with van der Waals surface area (Å²) in [5, 5.41) is 15.4. The molecule has 0 radical (unpaired) electrons. The van der Waals surface area contributed by atoms with Crippen molar-refractivity contribution < 1.29 is 9.13 Å². The van der Waals surface area contributed by atoms with Crippen LogP contribution in [0.1, 0.15) is 22.4 Å². The topological polar surface area (TPSA) is 84.9 Å². The van der Waals surface area contributed by atoms with Crippen LogP contribution in [0.5, 0.6) is 5.88 Å². The molecule has 0 unspecified atom stereocenters. The normalized spacial score (nSPS) is 10.3. The molecule has 104 valence electrons. The Morgan fingerprint density at radius 3 is 2.65 bits per heavy atom. The van der Waals surface area contributed by atoms with E-state index >= 15 is 0 Å². The smallest absolute Gasteiger partial charge is 0.245 e. The number of nitrogen functional groups attached to an aromatic ring is 1. The van der Waals surface area contributed by atoms with E-state index in [0.29, 0.717) is 16.8 Å². The van der Waals surface area contributed by atoms with Crippen molar-refractivity contribution in [3.63, 3.8) is 0 Å². The van der Waals surface area contributed by atoms with E-state index in [9.17, 15) is 4.39 Å². The summed E-state index contributed by atoms with van der Waals surface area (Å²) in [6.07, 6.45) is 0. The number of hydrogen-bond acceptors (Lipinski definition) is 4. The Balaban J connectivity index is 2.29. The molecule has 0 bridgehead atoms. The lowest BCUT2D eigenvalue weighted by Crippen LogP contribution is -2.17. The molecule has 0 atom stereocenters. The van der Waals surface area contributed by atoms with Crippen LogP contribution in [-0.4, -0.2) is 16.0 Å². The van der Waals surface area contributed by atoms with E-state index in [4.69, 9.17) is 15.9 Å². The maximum Gasteiger partial charge on any atom is 0.245 e. The first kappa shape index (κ1) is 13.9. The minimum Gasteiger partial charge on any atom is -0.471 e. The van der Waals surface area contributed by atoms with Crippen LogP contribution in [0.25, 0.3) is 0 Å². The number of amidine groups is 1. The van der Waals surface area contributed by atoms with Crippen molar-refractivity contribution >= 4 is 5.84 Å². The highest BCUT2D eigenvalue weighted by Gasteiger charge is 2.15. The second kappa shape index (κ2) is 5.64. The fraction of sp³-hybridized carbons (Fsp3) is 0.214. The van der Waals surface area contributed by atoms with Gasteiger partial charge in [0.05, 0.1) is 11.3 Å². The van der Waals surface area contributed by atoms with Gasteiger partial charge >= 0.3 is 0 Å². The van der Waals surface area contributed by atoms with E-state index in [1.807, 2.05) is 0 Å². The molecule has 5 nitrogen and oxygen atoms in total. The van der Waals surface area contributed by atoms with Crippen molar-refractivity contribution in [1.29, 1.82) is 5.41 Å². The lowest BCUT2D eigenvalue weighted by Gasteiger charge is -2.12. The molecule has 1 heterocycles. The molecular formula is C14H15FN4O. The summed E-state index contributed by atoms with van der Waals surface area (Å²) in [6, 6.07) is 6.31. The predicted octanol–water partition coefficient (Wildman–Crippen LogP) is 2.10. The monoisotopic (exact) mass is 274 g/mol. The third-order valence-electron chi connectivity index (χ3n) is 3.01. The number of rotatable bonds is 4. The standard InChI is InChI=1S/C14H15FN4O/c1-8-9(2)18-19-14(12(8)13(16)17)20-7-10-5-3-4-6-11(10)15/h3-6H,7H2,1-2H3,(H3,16,17). The number of aryl methyl sites for hydroxylation is 1. The van der Waals surface area contributed by atoms with Gasteiger partial charge in [0, 0.05) is 5.56 Å². The van der Waals surface area contributed by atoms with E-state index in [1.54, 1.807) is 32.0 Å². The van der Waals surface area contributed by atoms with Gasteiger partial charge in [-0.3, -0.25) is 5.41 Å². The number of nitrogens with two attached hydrogens (primary N) is 1. The summed E-state index contributed by atoms with van der Waals surface area (Å²) >= 11 is 0. The maximum atomic E-state index is 13.5. The fourth-order valence-electron chi connectivity index (χ4n) is 1.77. The van der Waals surface area contributed by atoms with Crippen LogP contribution >= 0.6 is 0 Å². The lowest BCUT2D eigenvalue weighted by atomic mass is 10.1. The average molecular weight is 274 g/mol. The molecule has 0 fully saturated rings. The van der Waals surface area contributed by atoms with E-state index < -0.39 is 0 Å². The number of hydrogen-bond donors (Lipinski definition) is 2. The second-order valence-corrected chi connectivity index (χ2v) is 4.38. The average Bonchev–Trinajstić information content (AvgIpc) is 2.41. The second-order valence-electron chi connectivity index (χ2n) is 4.38. The largest absolute Gasteiger partial charge is 0.471 e. The molecule has 6 heteroatoms. The predicted molar refractivity (Wildman–Crippen MR) is 73.3 cm³/mol. The van der Waals surface area contributed by atoms with Gasteiger partial charge in [0.15, 0.2) is 0 Å². The molecule has 20 heavy (non-hydrogen) atoms. The van der Waals surface area contributed by atoms with Crippen LogP contribution in [0.2, 0.25) is 0 Å². The molecule has 0 amide bonds. The van der Waals surface area contributed by atoms with Crippen molar-refractivity contribution in [2.75, 3.05) is 0 Å². The SMILES string of the molecule is Cc1nnc(OCc2ccccc2F)c(C(=N)N)c1C. The Hall–Kier alpha value is -2.50. The molecule has 0 aliphatic heterocycles. The van der Waals surface area contributed by atoms with Crippen molar-refractivity contribution in [3.05, 3.63) is 52.5 Å². The molecular weight excluding hydrogens is 259 g/mol. The van der Waals surface area contributed by atoms with E-state index in [2.05, 4.69) is 10.2 Å². The summed E-state index contributed by atoms with van der Waals surface area (Å²) < 4.78 is 19.0. The Labute approximate surface area is 116 Å². The maximum absolute atomic E-state index is 13.5. The summed E-state index contributed by atoms with van der Waals surface area (Å²) in [5.74, 6) is -0.360. The Bertz CT molecular complexity index is 658. The number of nitrogens with one attached hydrogen (secondary N) is 1. The zero-order valence-electron chi connectivity index (χ0n) is 11.3. The highest BCUT2D eigenvalue weighted by atomic mass is 19.1. The Morgan fingerprint density at radius 2 is 2.00 bits per heavy atom. The van der Waals surface area contributed by atoms with Gasteiger partial charge in [0.25, 0.3) is 0 Å². The van der Waals surface area contributed by atoms with Gasteiger partial charge in [-0.2, -0.15) is 5.10 Å². The minimum atomic E-state index is -0.353. The fourth-order valence-corrected chi connectivity index (χ4v) is 1.77. The summed E-state index contributed by atoms with van der Waals surface area (Å²) in [7, 11) is 0. The Kier molecular flexibility index (Phi) is 3.93. The summed E-state index contributed by atoms with van der Waals surface area (Å²) in [5.41, 5.74) is 7.75. The van der Waals surface area contributed by atoms with Crippen LogP contribution < -0.4 is 10.5 Å². The molecule has 0 saturated heterocycles. The molecule has 2 rings (SSSR count).